The average Bonchev–Trinajstić information content (AvgIpc) is 2.54. The molecule has 1 fully saturated rings. The van der Waals surface area contributed by atoms with Crippen LogP contribution in [0.15, 0.2) is 30.3 Å². The van der Waals surface area contributed by atoms with Crippen molar-refractivity contribution in [3.05, 3.63) is 46.0 Å². The molecule has 1 aromatic rings. The third-order valence-corrected chi connectivity index (χ3v) is 3.91. The number of likely N-dealkylation sites (N-methyl/N-ethyl adjacent to an activating group) is 1. The van der Waals surface area contributed by atoms with Crippen molar-refractivity contribution in [2.24, 2.45) is 0 Å². The fourth-order valence-corrected chi connectivity index (χ4v) is 2.40. The van der Waals surface area contributed by atoms with Crippen molar-refractivity contribution in [2.45, 2.75) is 0 Å². The highest BCUT2D eigenvalue weighted by Crippen LogP contribution is 2.12. The average molecular weight is 334 g/mol. The van der Waals surface area contributed by atoms with Crippen molar-refractivity contribution in [2.75, 3.05) is 33.2 Å². The second-order valence-electron chi connectivity index (χ2n) is 5.27. The summed E-state index contributed by atoms with van der Waals surface area (Å²) in [6, 6.07) is 5.96. The van der Waals surface area contributed by atoms with Gasteiger partial charge in [-0.2, -0.15) is 0 Å². The Bertz CT molecular complexity index is 622. The van der Waals surface area contributed by atoms with Gasteiger partial charge in [0.2, 0.25) is 5.91 Å². The minimum atomic E-state index is -0.464. The molecule has 0 radical (unpaired) electrons. The fourth-order valence-electron chi connectivity index (χ4n) is 2.11. The molecule has 0 saturated carbocycles. The number of nitrogens with one attached hydrogen (secondary N) is 1. The molecule has 122 valence electrons. The van der Waals surface area contributed by atoms with E-state index in [9.17, 15) is 14.9 Å². The molecule has 0 atom stereocenters. The minimum Gasteiger partial charge on any atom is -0.346 e. The Morgan fingerprint density at radius 3 is 2.43 bits per heavy atom. The van der Waals surface area contributed by atoms with E-state index in [2.05, 4.69) is 10.2 Å². The van der Waals surface area contributed by atoms with Gasteiger partial charge >= 0.3 is 0 Å². The van der Waals surface area contributed by atoms with Gasteiger partial charge < -0.3 is 9.80 Å². The van der Waals surface area contributed by atoms with Crippen molar-refractivity contribution >= 4 is 35.0 Å². The number of hydrogen-bond donors (Lipinski definition) is 1. The molecule has 8 heteroatoms. The summed E-state index contributed by atoms with van der Waals surface area (Å²) in [5.74, 6) is -0.313. The topological polar surface area (TPSA) is 78.7 Å². The zero-order valence-corrected chi connectivity index (χ0v) is 13.6. The van der Waals surface area contributed by atoms with Gasteiger partial charge in [-0.1, -0.05) is 0 Å². The molecule has 1 aliphatic heterocycles. The van der Waals surface area contributed by atoms with Crippen LogP contribution in [-0.4, -0.2) is 59.0 Å². The number of amides is 1. The highest BCUT2D eigenvalue weighted by molar-refractivity contribution is 7.80. The van der Waals surface area contributed by atoms with Crippen LogP contribution in [0.1, 0.15) is 5.56 Å². The van der Waals surface area contributed by atoms with Gasteiger partial charge in [-0.3, -0.25) is 20.2 Å². The van der Waals surface area contributed by atoms with Gasteiger partial charge in [0, 0.05) is 44.4 Å². The Morgan fingerprint density at radius 1 is 1.26 bits per heavy atom. The molecule has 0 spiro atoms. The van der Waals surface area contributed by atoms with Crippen molar-refractivity contribution < 1.29 is 9.72 Å². The summed E-state index contributed by atoms with van der Waals surface area (Å²) >= 11 is 5.23. The summed E-state index contributed by atoms with van der Waals surface area (Å²) in [7, 11) is 2.05. The lowest BCUT2D eigenvalue weighted by Gasteiger charge is -2.33. The number of rotatable bonds is 3. The van der Waals surface area contributed by atoms with E-state index in [1.165, 1.54) is 18.2 Å². The summed E-state index contributed by atoms with van der Waals surface area (Å²) in [5, 5.41) is 13.7. The van der Waals surface area contributed by atoms with E-state index in [1.54, 1.807) is 18.2 Å². The maximum absolute atomic E-state index is 11.9. The molecule has 23 heavy (non-hydrogen) atoms. The standard InChI is InChI=1S/C15H18N4O3S/c1-17-8-10-18(11-9-17)15(23)16-14(20)7-4-12-2-5-13(6-3-12)19(21)22/h2-7H,8-11H2,1H3,(H,16,20,23)/b7-4+. The van der Waals surface area contributed by atoms with Crippen molar-refractivity contribution in [3.8, 4) is 0 Å². The van der Waals surface area contributed by atoms with Crippen LogP contribution in [0.4, 0.5) is 5.69 Å². The van der Waals surface area contributed by atoms with Gasteiger partial charge in [-0.15, -0.1) is 0 Å². The number of nitrogens with zero attached hydrogens (tertiary/aromatic N) is 3. The molecule has 0 bridgehead atoms. The molecule has 1 aliphatic rings. The normalized spacial score (nSPS) is 15.6. The van der Waals surface area contributed by atoms with E-state index in [0.29, 0.717) is 10.7 Å². The minimum absolute atomic E-state index is 0.0165. The Labute approximate surface area is 139 Å². The van der Waals surface area contributed by atoms with E-state index in [4.69, 9.17) is 12.2 Å². The first-order valence-corrected chi connectivity index (χ1v) is 7.57. The Hall–Kier alpha value is -2.32. The summed E-state index contributed by atoms with van der Waals surface area (Å²) in [5.41, 5.74) is 0.721. The second kappa shape index (κ2) is 7.80. The van der Waals surface area contributed by atoms with Crippen LogP contribution in [-0.2, 0) is 4.79 Å². The van der Waals surface area contributed by atoms with Crippen LogP contribution in [0.25, 0.3) is 6.08 Å². The van der Waals surface area contributed by atoms with Crippen molar-refractivity contribution in [1.29, 1.82) is 0 Å². The molecule has 1 amide bonds. The highest BCUT2D eigenvalue weighted by Gasteiger charge is 2.16. The number of piperazine rings is 1. The van der Waals surface area contributed by atoms with Gasteiger partial charge in [-0.05, 0) is 43.0 Å². The summed E-state index contributed by atoms with van der Waals surface area (Å²) in [6.07, 6.45) is 2.95. The lowest BCUT2D eigenvalue weighted by atomic mass is 10.2. The maximum atomic E-state index is 11.9. The summed E-state index contributed by atoms with van der Waals surface area (Å²) in [6.45, 7) is 3.41. The quantitative estimate of drug-likeness (QED) is 0.388. The molecular weight excluding hydrogens is 316 g/mol. The highest BCUT2D eigenvalue weighted by atomic mass is 32.1. The van der Waals surface area contributed by atoms with E-state index >= 15 is 0 Å². The lowest BCUT2D eigenvalue weighted by Crippen LogP contribution is -2.51. The first-order chi connectivity index (χ1) is 11.0. The van der Waals surface area contributed by atoms with E-state index in [1.807, 2.05) is 11.9 Å². The van der Waals surface area contributed by atoms with Crippen LogP contribution in [0.2, 0.25) is 0 Å². The third kappa shape index (κ3) is 5.11. The smallest absolute Gasteiger partial charge is 0.269 e. The van der Waals surface area contributed by atoms with Gasteiger partial charge in [0.1, 0.15) is 0 Å². The van der Waals surface area contributed by atoms with Crippen molar-refractivity contribution in [1.82, 2.24) is 15.1 Å². The molecule has 0 unspecified atom stereocenters. The summed E-state index contributed by atoms with van der Waals surface area (Å²) in [4.78, 5) is 26.2. The van der Waals surface area contributed by atoms with Crippen LogP contribution in [0, 0.1) is 10.1 Å². The number of nitro groups is 1. The van der Waals surface area contributed by atoms with Crippen LogP contribution in [0.5, 0.6) is 0 Å². The van der Waals surface area contributed by atoms with E-state index in [-0.39, 0.29) is 11.6 Å². The van der Waals surface area contributed by atoms with Crippen LogP contribution in [0.3, 0.4) is 0 Å². The van der Waals surface area contributed by atoms with Crippen LogP contribution >= 0.6 is 12.2 Å². The first kappa shape index (κ1) is 17.0. The number of non-ortho nitro benzene ring substituents is 1. The number of benzene rings is 1. The zero-order valence-electron chi connectivity index (χ0n) is 12.8. The number of thiocarbonyl (C=S) groups is 1. The maximum Gasteiger partial charge on any atom is 0.269 e. The van der Waals surface area contributed by atoms with Crippen molar-refractivity contribution in [3.63, 3.8) is 0 Å². The Balaban J connectivity index is 1.86. The number of hydrogen-bond acceptors (Lipinski definition) is 5. The van der Waals surface area contributed by atoms with Gasteiger partial charge in [0.05, 0.1) is 4.92 Å². The largest absolute Gasteiger partial charge is 0.346 e. The molecule has 1 N–H and O–H groups in total. The van der Waals surface area contributed by atoms with E-state index < -0.39 is 4.92 Å². The molecule has 2 rings (SSSR count). The molecule has 0 aromatic heterocycles. The Kier molecular flexibility index (Phi) is 5.78. The Morgan fingerprint density at radius 2 is 1.87 bits per heavy atom. The fraction of sp³-hybridized carbons (Fsp3) is 0.333. The molecule has 1 heterocycles. The third-order valence-electron chi connectivity index (χ3n) is 3.55. The van der Waals surface area contributed by atoms with Gasteiger partial charge in [0.25, 0.3) is 5.69 Å². The number of nitro benzene ring substituents is 1. The van der Waals surface area contributed by atoms with Crippen LogP contribution < -0.4 is 5.32 Å². The second-order valence-corrected chi connectivity index (χ2v) is 5.65. The molecule has 1 aromatic carbocycles. The SMILES string of the molecule is CN1CCN(C(=S)NC(=O)/C=C/c2ccc([N+](=O)[O-])cc2)CC1. The number of carbonyl (C=O) groups excluding carboxylic acids is 1. The summed E-state index contributed by atoms with van der Waals surface area (Å²) < 4.78 is 0. The van der Waals surface area contributed by atoms with E-state index in [0.717, 1.165) is 26.2 Å². The zero-order chi connectivity index (χ0) is 16.8. The molecular formula is C15H18N4O3S. The predicted octanol–water partition coefficient (Wildman–Crippen LogP) is 1.26. The van der Waals surface area contributed by atoms with Gasteiger partial charge in [-0.25, -0.2) is 0 Å². The predicted molar refractivity (Wildman–Crippen MR) is 91.9 cm³/mol. The molecule has 0 aliphatic carbocycles. The molecule has 7 nitrogen and oxygen atoms in total. The lowest BCUT2D eigenvalue weighted by molar-refractivity contribution is -0.384. The van der Waals surface area contributed by atoms with Gasteiger partial charge in [0.15, 0.2) is 5.11 Å². The first-order valence-electron chi connectivity index (χ1n) is 7.16. The monoisotopic (exact) mass is 334 g/mol. The number of carbonyl (C=O) groups is 1. The molecule has 1 saturated heterocycles.